The van der Waals surface area contributed by atoms with Crippen LogP contribution in [-0.4, -0.2) is 9.78 Å². The highest BCUT2D eigenvalue weighted by Gasteiger charge is 2.12. The molecule has 1 aliphatic rings. The van der Waals surface area contributed by atoms with Crippen LogP contribution in [0, 0.1) is 5.92 Å². The Balaban J connectivity index is 1.72. The first kappa shape index (κ1) is 8.79. The molecule has 0 unspecified atom stereocenters. The maximum absolute atomic E-state index is 4.22. The average molecular weight is 178 g/mol. The van der Waals surface area contributed by atoms with Gasteiger partial charge in [0.2, 0.25) is 0 Å². The smallest absolute Gasteiger partial charge is 0.0489 e. The van der Waals surface area contributed by atoms with Crippen molar-refractivity contribution in [1.82, 2.24) is 9.78 Å². The van der Waals surface area contributed by atoms with Crippen LogP contribution in [0.4, 0.5) is 0 Å². The summed E-state index contributed by atoms with van der Waals surface area (Å²) in [6.45, 7) is 1.11. The van der Waals surface area contributed by atoms with Gasteiger partial charge in [0.05, 0.1) is 0 Å². The third kappa shape index (κ3) is 2.58. The summed E-state index contributed by atoms with van der Waals surface area (Å²) >= 11 is 0. The third-order valence-corrected chi connectivity index (χ3v) is 3.05. The SMILES string of the molecule is c1cnn(CCC2CCCCC2)c1. The van der Waals surface area contributed by atoms with Gasteiger partial charge in [-0.2, -0.15) is 5.10 Å². The molecular weight excluding hydrogens is 160 g/mol. The lowest BCUT2D eigenvalue weighted by atomic mass is 9.87. The number of aryl methyl sites for hydroxylation is 1. The Morgan fingerprint density at radius 2 is 2.08 bits per heavy atom. The Morgan fingerprint density at radius 1 is 1.23 bits per heavy atom. The molecule has 2 rings (SSSR count). The van der Waals surface area contributed by atoms with E-state index in [2.05, 4.69) is 16.0 Å². The van der Waals surface area contributed by atoms with Crippen LogP contribution >= 0.6 is 0 Å². The molecule has 0 N–H and O–H groups in total. The van der Waals surface area contributed by atoms with Crippen molar-refractivity contribution in [3.05, 3.63) is 18.5 Å². The highest BCUT2D eigenvalue weighted by molar-refractivity contribution is 4.78. The zero-order valence-electron chi connectivity index (χ0n) is 8.15. The summed E-state index contributed by atoms with van der Waals surface area (Å²) in [7, 11) is 0. The van der Waals surface area contributed by atoms with Crippen LogP contribution < -0.4 is 0 Å². The van der Waals surface area contributed by atoms with Crippen LogP contribution in [0.2, 0.25) is 0 Å². The second-order valence-electron chi connectivity index (χ2n) is 4.06. The van der Waals surface area contributed by atoms with Crippen molar-refractivity contribution in [2.24, 2.45) is 5.92 Å². The molecule has 1 heterocycles. The summed E-state index contributed by atoms with van der Waals surface area (Å²) in [4.78, 5) is 0. The second kappa shape index (κ2) is 4.45. The molecule has 2 heteroatoms. The van der Waals surface area contributed by atoms with E-state index in [-0.39, 0.29) is 0 Å². The highest BCUT2D eigenvalue weighted by atomic mass is 15.3. The van der Waals surface area contributed by atoms with E-state index in [0.29, 0.717) is 0 Å². The Kier molecular flexibility index (Phi) is 3.01. The Labute approximate surface area is 80.0 Å². The number of rotatable bonds is 3. The van der Waals surface area contributed by atoms with Crippen LogP contribution in [0.1, 0.15) is 38.5 Å². The lowest BCUT2D eigenvalue weighted by Gasteiger charge is -2.21. The standard InChI is InChI=1S/C11H18N2/c1-2-5-11(6-3-1)7-10-13-9-4-8-12-13/h4,8-9,11H,1-3,5-7,10H2. The maximum Gasteiger partial charge on any atom is 0.0489 e. The summed E-state index contributed by atoms with van der Waals surface area (Å²) in [6, 6.07) is 2.00. The second-order valence-corrected chi connectivity index (χ2v) is 4.06. The van der Waals surface area contributed by atoms with Gasteiger partial charge in [-0.25, -0.2) is 0 Å². The van der Waals surface area contributed by atoms with E-state index in [0.717, 1.165) is 12.5 Å². The topological polar surface area (TPSA) is 17.8 Å². The van der Waals surface area contributed by atoms with E-state index in [9.17, 15) is 0 Å². The molecule has 13 heavy (non-hydrogen) atoms. The van der Waals surface area contributed by atoms with Crippen molar-refractivity contribution in [3.8, 4) is 0 Å². The van der Waals surface area contributed by atoms with Gasteiger partial charge in [-0.15, -0.1) is 0 Å². The molecule has 0 atom stereocenters. The lowest BCUT2D eigenvalue weighted by molar-refractivity contribution is 0.319. The highest BCUT2D eigenvalue weighted by Crippen LogP contribution is 2.26. The van der Waals surface area contributed by atoms with E-state index in [1.54, 1.807) is 0 Å². The molecule has 1 aromatic heterocycles. The summed E-state index contributed by atoms with van der Waals surface area (Å²) in [5.74, 6) is 0.970. The van der Waals surface area contributed by atoms with E-state index in [4.69, 9.17) is 0 Å². The minimum atomic E-state index is 0.970. The number of hydrogen-bond donors (Lipinski definition) is 0. The monoisotopic (exact) mass is 178 g/mol. The lowest BCUT2D eigenvalue weighted by Crippen LogP contribution is -2.10. The molecular formula is C11H18N2. The quantitative estimate of drug-likeness (QED) is 0.696. The Bertz CT molecular complexity index is 222. The van der Waals surface area contributed by atoms with Crippen LogP contribution in [0.25, 0.3) is 0 Å². The fraction of sp³-hybridized carbons (Fsp3) is 0.727. The number of hydrogen-bond acceptors (Lipinski definition) is 1. The molecule has 0 aliphatic heterocycles. The Morgan fingerprint density at radius 3 is 2.77 bits per heavy atom. The van der Waals surface area contributed by atoms with E-state index < -0.39 is 0 Å². The molecule has 1 saturated carbocycles. The first-order chi connectivity index (χ1) is 6.45. The van der Waals surface area contributed by atoms with Gasteiger partial charge in [0.15, 0.2) is 0 Å². The van der Waals surface area contributed by atoms with Crippen LogP contribution in [-0.2, 0) is 6.54 Å². The molecule has 72 valence electrons. The first-order valence-corrected chi connectivity index (χ1v) is 5.42. The van der Waals surface area contributed by atoms with Gasteiger partial charge in [0.1, 0.15) is 0 Å². The molecule has 1 aliphatic carbocycles. The van der Waals surface area contributed by atoms with Crippen molar-refractivity contribution in [2.75, 3.05) is 0 Å². The van der Waals surface area contributed by atoms with Gasteiger partial charge >= 0.3 is 0 Å². The normalized spacial score (nSPS) is 19.1. The summed E-state index contributed by atoms with van der Waals surface area (Å²) in [6.07, 6.45) is 12.5. The number of aromatic nitrogens is 2. The van der Waals surface area contributed by atoms with Crippen LogP contribution in [0.5, 0.6) is 0 Å². The summed E-state index contributed by atoms with van der Waals surface area (Å²) in [5, 5.41) is 4.22. The largest absolute Gasteiger partial charge is 0.273 e. The van der Waals surface area contributed by atoms with E-state index in [1.807, 2.05) is 12.3 Å². The van der Waals surface area contributed by atoms with Gasteiger partial charge in [0, 0.05) is 18.9 Å². The average Bonchev–Trinajstić information content (AvgIpc) is 2.69. The molecule has 0 radical (unpaired) electrons. The fourth-order valence-corrected chi connectivity index (χ4v) is 2.22. The van der Waals surface area contributed by atoms with Gasteiger partial charge in [0.25, 0.3) is 0 Å². The van der Waals surface area contributed by atoms with Crippen molar-refractivity contribution in [1.29, 1.82) is 0 Å². The first-order valence-electron chi connectivity index (χ1n) is 5.42. The fourth-order valence-electron chi connectivity index (χ4n) is 2.22. The molecule has 0 amide bonds. The minimum Gasteiger partial charge on any atom is -0.273 e. The third-order valence-electron chi connectivity index (χ3n) is 3.05. The zero-order valence-corrected chi connectivity index (χ0v) is 8.15. The van der Waals surface area contributed by atoms with Crippen molar-refractivity contribution >= 4 is 0 Å². The van der Waals surface area contributed by atoms with Crippen molar-refractivity contribution in [2.45, 2.75) is 45.1 Å². The van der Waals surface area contributed by atoms with E-state index in [1.165, 1.54) is 38.5 Å². The van der Waals surface area contributed by atoms with Crippen molar-refractivity contribution in [3.63, 3.8) is 0 Å². The molecule has 2 nitrogen and oxygen atoms in total. The molecule has 0 saturated heterocycles. The molecule has 1 aromatic rings. The van der Waals surface area contributed by atoms with Gasteiger partial charge in [-0.3, -0.25) is 4.68 Å². The zero-order chi connectivity index (χ0) is 8.93. The maximum atomic E-state index is 4.22. The van der Waals surface area contributed by atoms with E-state index >= 15 is 0 Å². The molecule has 0 aromatic carbocycles. The molecule has 1 fully saturated rings. The number of nitrogens with zero attached hydrogens (tertiary/aromatic N) is 2. The molecule has 0 bridgehead atoms. The van der Waals surface area contributed by atoms with Crippen LogP contribution in [0.15, 0.2) is 18.5 Å². The van der Waals surface area contributed by atoms with Crippen LogP contribution in [0.3, 0.4) is 0 Å². The Hall–Kier alpha value is -0.790. The van der Waals surface area contributed by atoms with Gasteiger partial charge in [-0.1, -0.05) is 32.1 Å². The predicted octanol–water partition coefficient (Wildman–Crippen LogP) is 2.85. The molecule has 0 spiro atoms. The van der Waals surface area contributed by atoms with Gasteiger partial charge < -0.3 is 0 Å². The van der Waals surface area contributed by atoms with Crippen molar-refractivity contribution < 1.29 is 0 Å². The summed E-state index contributed by atoms with van der Waals surface area (Å²) in [5.41, 5.74) is 0. The predicted molar refractivity (Wildman–Crippen MR) is 53.4 cm³/mol. The minimum absolute atomic E-state index is 0.970. The van der Waals surface area contributed by atoms with Gasteiger partial charge in [-0.05, 0) is 18.4 Å². The summed E-state index contributed by atoms with van der Waals surface area (Å²) < 4.78 is 2.05.